The molecule has 10 heteroatoms. The Bertz CT molecular complexity index is 1270. The van der Waals surface area contributed by atoms with E-state index in [4.69, 9.17) is 10.5 Å². The third-order valence-corrected chi connectivity index (χ3v) is 8.48. The Morgan fingerprint density at radius 1 is 1.13 bits per heavy atom. The van der Waals surface area contributed by atoms with Crippen LogP contribution in [0.1, 0.15) is 38.7 Å². The molecule has 1 amide bonds. The van der Waals surface area contributed by atoms with Crippen molar-refractivity contribution in [2.75, 3.05) is 26.8 Å². The number of hydrogen-bond acceptors (Lipinski definition) is 6. The molecular formula is C28H40N4O5S. The number of sulfonamides is 1. The van der Waals surface area contributed by atoms with Crippen LogP contribution in [-0.4, -0.2) is 67.6 Å². The summed E-state index contributed by atoms with van der Waals surface area (Å²) in [4.78, 5) is 15.9. The van der Waals surface area contributed by atoms with Gasteiger partial charge in [0.2, 0.25) is 15.9 Å². The van der Waals surface area contributed by atoms with E-state index in [0.717, 1.165) is 16.5 Å². The first-order chi connectivity index (χ1) is 18.2. The smallest absolute Gasteiger partial charge is 0.243 e. The summed E-state index contributed by atoms with van der Waals surface area (Å²) in [6.45, 7) is 4.32. The van der Waals surface area contributed by atoms with Crippen LogP contribution in [0.3, 0.4) is 0 Å². The Hall–Kier alpha value is -2.92. The first-order valence-corrected chi connectivity index (χ1v) is 14.5. The minimum Gasteiger partial charge on any atom is -0.497 e. The molecule has 0 saturated carbocycles. The quantitative estimate of drug-likeness (QED) is 0.217. The molecule has 0 aliphatic carbocycles. The van der Waals surface area contributed by atoms with Gasteiger partial charge in [-0.1, -0.05) is 38.5 Å². The molecule has 208 valence electrons. The Morgan fingerprint density at radius 3 is 2.50 bits per heavy atom. The van der Waals surface area contributed by atoms with E-state index in [1.165, 1.54) is 23.5 Å². The number of aliphatic hydroxyl groups excluding tert-OH is 1. The highest BCUT2D eigenvalue weighted by Crippen LogP contribution is 2.24. The molecule has 1 heterocycles. The van der Waals surface area contributed by atoms with E-state index >= 15 is 0 Å². The normalized spacial score (nSPS) is 13.7. The van der Waals surface area contributed by atoms with E-state index in [9.17, 15) is 18.3 Å². The predicted molar refractivity (Wildman–Crippen MR) is 149 cm³/mol. The lowest BCUT2D eigenvalue weighted by atomic mass is 10.0. The Balaban J connectivity index is 1.52. The molecule has 0 aliphatic rings. The molecule has 5 N–H and O–H groups in total. The van der Waals surface area contributed by atoms with Crippen LogP contribution in [0.2, 0.25) is 0 Å². The van der Waals surface area contributed by atoms with Crippen molar-refractivity contribution in [1.82, 2.24) is 14.6 Å². The maximum atomic E-state index is 13.4. The van der Waals surface area contributed by atoms with E-state index < -0.39 is 22.1 Å². The number of nitrogens with zero attached hydrogens (tertiary/aromatic N) is 1. The SMILES string of the molecule is COc1ccc(S(=O)(=O)N(CC(C)C)[C@H](CO)CCCCNC(=O)[C@@H](N)Cc2c[nH]c3ccccc23)cc1. The second kappa shape index (κ2) is 13.7. The second-order valence-corrected chi connectivity index (χ2v) is 11.8. The molecule has 0 saturated heterocycles. The number of hydrogen-bond donors (Lipinski definition) is 4. The minimum atomic E-state index is -3.81. The van der Waals surface area contributed by atoms with Crippen molar-refractivity contribution in [2.45, 2.75) is 56.5 Å². The number of amides is 1. The second-order valence-electron chi connectivity index (χ2n) is 9.94. The van der Waals surface area contributed by atoms with Crippen molar-refractivity contribution >= 4 is 26.8 Å². The van der Waals surface area contributed by atoms with E-state index in [0.29, 0.717) is 44.5 Å². The molecule has 2 aromatic carbocycles. The Labute approximate surface area is 225 Å². The minimum absolute atomic E-state index is 0.0787. The molecule has 0 fully saturated rings. The number of H-pyrrole nitrogens is 1. The lowest BCUT2D eigenvalue weighted by Crippen LogP contribution is -2.44. The number of ether oxygens (including phenoxy) is 1. The number of aromatic nitrogens is 1. The summed E-state index contributed by atoms with van der Waals surface area (Å²) in [7, 11) is -2.29. The highest BCUT2D eigenvalue weighted by Gasteiger charge is 2.31. The van der Waals surface area contributed by atoms with Gasteiger partial charge in [-0.05, 0) is 61.1 Å². The first-order valence-electron chi connectivity index (χ1n) is 13.0. The summed E-state index contributed by atoms with van der Waals surface area (Å²) in [5.74, 6) is 0.425. The molecule has 0 aliphatic heterocycles. The van der Waals surface area contributed by atoms with Crippen LogP contribution < -0.4 is 15.8 Å². The van der Waals surface area contributed by atoms with Gasteiger partial charge in [-0.3, -0.25) is 4.79 Å². The maximum Gasteiger partial charge on any atom is 0.243 e. The number of carbonyl (C=O) groups is 1. The fourth-order valence-corrected chi connectivity index (χ4v) is 6.30. The summed E-state index contributed by atoms with van der Waals surface area (Å²) in [5, 5.41) is 14.0. The highest BCUT2D eigenvalue weighted by molar-refractivity contribution is 7.89. The molecule has 1 aromatic heterocycles. The van der Waals surface area contributed by atoms with Gasteiger partial charge in [-0.15, -0.1) is 0 Å². The average Bonchev–Trinajstić information content (AvgIpc) is 3.32. The van der Waals surface area contributed by atoms with Gasteiger partial charge in [0.05, 0.1) is 24.7 Å². The predicted octanol–water partition coefficient (Wildman–Crippen LogP) is 3.04. The van der Waals surface area contributed by atoms with E-state index in [1.54, 1.807) is 12.1 Å². The van der Waals surface area contributed by atoms with E-state index in [-0.39, 0.29) is 23.3 Å². The molecule has 0 unspecified atom stereocenters. The number of rotatable bonds is 15. The number of benzene rings is 2. The molecule has 0 spiro atoms. The van der Waals surface area contributed by atoms with Crippen LogP contribution in [0.4, 0.5) is 0 Å². The number of para-hydroxylation sites is 1. The summed E-state index contributed by atoms with van der Waals surface area (Å²) in [5.41, 5.74) is 8.16. The highest BCUT2D eigenvalue weighted by atomic mass is 32.2. The number of nitrogens with two attached hydrogens (primary N) is 1. The van der Waals surface area contributed by atoms with Crippen molar-refractivity contribution in [2.24, 2.45) is 11.7 Å². The van der Waals surface area contributed by atoms with Crippen LogP contribution in [0.15, 0.2) is 59.6 Å². The number of carbonyl (C=O) groups excluding carboxylic acids is 1. The average molecular weight is 545 g/mol. The zero-order chi connectivity index (χ0) is 27.7. The molecule has 3 rings (SSSR count). The largest absolute Gasteiger partial charge is 0.497 e. The number of aromatic amines is 1. The van der Waals surface area contributed by atoms with E-state index in [1.807, 2.05) is 44.3 Å². The Morgan fingerprint density at radius 2 is 1.84 bits per heavy atom. The van der Waals surface area contributed by atoms with Gasteiger partial charge in [-0.25, -0.2) is 8.42 Å². The van der Waals surface area contributed by atoms with Crippen molar-refractivity contribution in [3.05, 3.63) is 60.3 Å². The van der Waals surface area contributed by atoms with Crippen LogP contribution in [-0.2, 0) is 21.2 Å². The fraction of sp³-hybridized carbons (Fsp3) is 0.464. The number of nitrogens with one attached hydrogen (secondary N) is 2. The molecule has 3 aromatic rings. The van der Waals surface area contributed by atoms with Crippen molar-refractivity contribution < 1.29 is 23.1 Å². The van der Waals surface area contributed by atoms with Gasteiger partial charge in [0, 0.05) is 36.2 Å². The number of unbranched alkanes of at least 4 members (excludes halogenated alkanes) is 1. The van der Waals surface area contributed by atoms with Crippen LogP contribution in [0.25, 0.3) is 10.9 Å². The lowest BCUT2D eigenvalue weighted by Gasteiger charge is -2.31. The molecule has 2 atom stereocenters. The molecular weight excluding hydrogens is 504 g/mol. The van der Waals surface area contributed by atoms with Gasteiger partial charge < -0.3 is 25.9 Å². The zero-order valence-corrected chi connectivity index (χ0v) is 23.2. The van der Waals surface area contributed by atoms with Crippen LogP contribution in [0, 0.1) is 5.92 Å². The Kier molecular flexibility index (Phi) is 10.7. The van der Waals surface area contributed by atoms with E-state index in [2.05, 4.69) is 10.3 Å². The third kappa shape index (κ3) is 7.57. The third-order valence-electron chi connectivity index (χ3n) is 6.54. The van der Waals surface area contributed by atoms with Gasteiger partial charge in [0.25, 0.3) is 0 Å². The summed E-state index contributed by atoms with van der Waals surface area (Å²) >= 11 is 0. The van der Waals surface area contributed by atoms with Crippen molar-refractivity contribution in [3.63, 3.8) is 0 Å². The molecule has 0 radical (unpaired) electrons. The number of aliphatic hydroxyl groups is 1. The molecule has 0 bridgehead atoms. The van der Waals surface area contributed by atoms with Crippen molar-refractivity contribution in [1.29, 1.82) is 0 Å². The maximum absolute atomic E-state index is 13.4. The first kappa shape index (κ1) is 29.6. The standard InChI is InChI=1S/C28H40N4O5S/c1-20(2)18-32(38(35,36)24-13-11-23(37-3)12-14-24)22(19-33)8-6-7-15-30-28(34)26(29)16-21-17-31-27-10-5-4-9-25(21)27/h4-5,9-14,17,20,22,26,31,33H,6-8,15-16,18-19,29H2,1-3H3,(H,30,34)/t22-,26-/m0/s1. The molecule has 9 nitrogen and oxygen atoms in total. The molecule has 38 heavy (non-hydrogen) atoms. The summed E-state index contributed by atoms with van der Waals surface area (Å²) in [6, 6.07) is 12.9. The summed E-state index contributed by atoms with van der Waals surface area (Å²) in [6.07, 6.45) is 4.05. The van der Waals surface area contributed by atoms with Crippen LogP contribution >= 0.6 is 0 Å². The lowest BCUT2D eigenvalue weighted by molar-refractivity contribution is -0.122. The van der Waals surface area contributed by atoms with Gasteiger partial charge in [-0.2, -0.15) is 4.31 Å². The number of methoxy groups -OCH3 is 1. The monoisotopic (exact) mass is 544 g/mol. The van der Waals surface area contributed by atoms with Crippen LogP contribution in [0.5, 0.6) is 5.75 Å². The van der Waals surface area contributed by atoms with Gasteiger partial charge >= 0.3 is 0 Å². The topological polar surface area (TPSA) is 138 Å². The fourth-order valence-electron chi connectivity index (χ4n) is 4.49. The summed E-state index contributed by atoms with van der Waals surface area (Å²) < 4.78 is 33.4. The van der Waals surface area contributed by atoms with Crippen molar-refractivity contribution in [3.8, 4) is 5.75 Å². The van der Waals surface area contributed by atoms with Gasteiger partial charge in [0.1, 0.15) is 5.75 Å². The number of fused-ring (bicyclic) bond motifs is 1. The zero-order valence-electron chi connectivity index (χ0n) is 22.4. The van der Waals surface area contributed by atoms with Gasteiger partial charge in [0.15, 0.2) is 0 Å².